The second-order valence-corrected chi connectivity index (χ2v) is 4.60. The minimum Gasteiger partial charge on any atom is -0.505 e. The Morgan fingerprint density at radius 3 is 2.48 bits per heavy atom. The van der Waals surface area contributed by atoms with Crippen LogP contribution < -0.4 is 5.73 Å². The molecular weight excluding hydrogens is 385 g/mol. The van der Waals surface area contributed by atoms with Crippen LogP contribution >= 0.6 is 28.3 Å². The molecule has 0 spiro atoms. The van der Waals surface area contributed by atoms with Gasteiger partial charge in [0, 0.05) is 5.56 Å². The van der Waals surface area contributed by atoms with E-state index in [2.05, 4.69) is 20.7 Å². The molecule has 10 heteroatoms. The van der Waals surface area contributed by atoms with Crippen LogP contribution in [0.2, 0.25) is 0 Å². The lowest BCUT2D eigenvalue weighted by Crippen LogP contribution is -2.41. The zero-order valence-electron chi connectivity index (χ0n) is 10.5. The highest BCUT2D eigenvalue weighted by atomic mass is 79.9. The summed E-state index contributed by atoms with van der Waals surface area (Å²) < 4.78 is 57.4. The number of rotatable bonds is 4. The van der Waals surface area contributed by atoms with E-state index in [1.165, 1.54) is 6.92 Å². The molecule has 0 fully saturated rings. The highest BCUT2D eigenvalue weighted by Gasteiger charge is 2.49. The molecule has 0 aromatic heterocycles. The third-order valence-corrected chi connectivity index (χ3v) is 3.02. The van der Waals surface area contributed by atoms with Gasteiger partial charge >= 0.3 is 11.9 Å². The summed E-state index contributed by atoms with van der Waals surface area (Å²) in [4.78, 5) is 11.1. The third kappa shape index (κ3) is 3.78. The Hall–Kier alpha value is -1.06. The fraction of sp³-hybridized carbons (Fsp3) is 0.364. The van der Waals surface area contributed by atoms with Crippen molar-refractivity contribution in [3.8, 4) is 5.75 Å². The summed E-state index contributed by atoms with van der Waals surface area (Å²) in [7, 11) is 0. The first-order valence-corrected chi connectivity index (χ1v) is 6.10. The van der Waals surface area contributed by atoms with Gasteiger partial charge in [-0.2, -0.15) is 13.2 Å². The van der Waals surface area contributed by atoms with E-state index in [-0.39, 0.29) is 19.0 Å². The topological polar surface area (TPSA) is 72.5 Å². The normalized spacial score (nSPS) is 12.5. The summed E-state index contributed by atoms with van der Waals surface area (Å²) in [6.45, 7) is 1.000. The van der Waals surface area contributed by atoms with Gasteiger partial charge in [-0.1, -0.05) is 0 Å². The van der Waals surface area contributed by atoms with Crippen molar-refractivity contribution in [1.82, 2.24) is 0 Å². The molecule has 0 aliphatic rings. The van der Waals surface area contributed by atoms with Gasteiger partial charge in [-0.05, 0) is 28.9 Å². The Morgan fingerprint density at radius 1 is 1.48 bits per heavy atom. The number of hydrogen-bond acceptors (Lipinski definition) is 4. The number of nitrogens with two attached hydrogens (primary N) is 1. The van der Waals surface area contributed by atoms with Gasteiger partial charge in [0.15, 0.2) is 11.6 Å². The maximum absolute atomic E-state index is 13.7. The van der Waals surface area contributed by atoms with E-state index >= 15 is 0 Å². The molecule has 0 bridgehead atoms. The number of ether oxygens (including phenoxy) is 1. The molecule has 120 valence electrons. The second-order valence-electron chi connectivity index (χ2n) is 3.75. The van der Waals surface area contributed by atoms with Crippen LogP contribution in [-0.4, -0.2) is 23.6 Å². The number of halogens is 6. The van der Waals surface area contributed by atoms with Gasteiger partial charge in [-0.15, -0.1) is 12.4 Å². The van der Waals surface area contributed by atoms with Gasteiger partial charge in [0.2, 0.25) is 5.82 Å². The van der Waals surface area contributed by atoms with Gasteiger partial charge in [0.25, 0.3) is 0 Å². The molecule has 4 nitrogen and oxygen atoms in total. The first-order chi connectivity index (χ1) is 9.14. The van der Waals surface area contributed by atoms with Crippen LogP contribution in [0, 0.1) is 11.6 Å². The first kappa shape index (κ1) is 19.9. The molecule has 0 aliphatic carbocycles. The van der Waals surface area contributed by atoms with Crippen molar-refractivity contribution in [3.63, 3.8) is 0 Å². The lowest BCUT2D eigenvalue weighted by molar-refractivity contribution is -0.174. The smallest absolute Gasteiger partial charge is 0.379 e. The van der Waals surface area contributed by atoms with Crippen molar-refractivity contribution in [3.05, 3.63) is 27.7 Å². The quantitative estimate of drug-likeness (QED) is 0.466. The molecule has 0 unspecified atom stereocenters. The standard InChI is InChI=1S/C11H10BrF4NO3.ClH/c1-2-20-10(19)11(15,16)9(17)4-3-5(12)6(13)7(14)8(4)18;/h3,9,18H,2,17H2,1H3;1H/t9-;/m1./s1. The van der Waals surface area contributed by atoms with Crippen LogP contribution in [0.4, 0.5) is 17.6 Å². The number of alkyl halides is 2. The molecule has 1 aromatic carbocycles. The van der Waals surface area contributed by atoms with Crippen LogP contribution in [0.15, 0.2) is 10.5 Å². The van der Waals surface area contributed by atoms with Crippen molar-refractivity contribution in [2.45, 2.75) is 18.9 Å². The fourth-order valence-corrected chi connectivity index (χ4v) is 1.81. The molecular formula is C11H11BrClF4NO3. The Kier molecular flexibility index (Phi) is 6.91. The van der Waals surface area contributed by atoms with Crippen LogP contribution in [0.3, 0.4) is 0 Å². The van der Waals surface area contributed by atoms with Crippen molar-refractivity contribution in [2.24, 2.45) is 5.73 Å². The minimum atomic E-state index is -4.21. The highest BCUT2D eigenvalue weighted by Crippen LogP contribution is 2.39. The van der Waals surface area contributed by atoms with Gasteiger partial charge < -0.3 is 15.6 Å². The molecule has 21 heavy (non-hydrogen) atoms. The number of carbonyl (C=O) groups excluding carboxylic acids is 1. The number of phenolic OH excluding ortho intramolecular Hbond substituents is 1. The van der Waals surface area contributed by atoms with Crippen molar-refractivity contribution < 1.29 is 32.2 Å². The number of esters is 1. The number of hydrogen-bond donors (Lipinski definition) is 2. The molecule has 1 atom stereocenters. The van der Waals surface area contributed by atoms with Crippen LogP contribution in [0.1, 0.15) is 18.5 Å². The van der Waals surface area contributed by atoms with Gasteiger partial charge in [-0.25, -0.2) is 9.18 Å². The van der Waals surface area contributed by atoms with E-state index in [0.717, 1.165) is 0 Å². The van der Waals surface area contributed by atoms with Crippen LogP contribution in [0.5, 0.6) is 5.75 Å². The number of aromatic hydroxyl groups is 1. The largest absolute Gasteiger partial charge is 0.505 e. The first-order valence-electron chi connectivity index (χ1n) is 5.31. The van der Waals surface area contributed by atoms with E-state index in [1.54, 1.807) is 0 Å². The second kappa shape index (κ2) is 7.28. The van der Waals surface area contributed by atoms with Gasteiger partial charge in [0.05, 0.1) is 11.1 Å². The van der Waals surface area contributed by atoms with E-state index in [9.17, 15) is 27.5 Å². The fourth-order valence-electron chi connectivity index (χ4n) is 1.39. The zero-order valence-corrected chi connectivity index (χ0v) is 12.9. The SMILES string of the molecule is CCOC(=O)C(F)(F)[C@H](N)c1cc(Br)c(F)c(F)c1O.Cl. The molecule has 0 aliphatic heterocycles. The monoisotopic (exact) mass is 395 g/mol. The molecule has 3 N–H and O–H groups in total. The van der Waals surface area contributed by atoms with Gasteiger partial charge in [0.1, 0.15) is 6.04 Å². The van der Waals surface area contributed by atoms with E-state index in [1.807, 2.05) is 0 Å². The van der Waals surface area contributed by atoms with Crippen molar-refractivity contribution in [2.75, 3.05) is 6.61 Å². The molecule has 0 saturated heterocycles. The lowest BCUT2D eigenvalue weighted by Gasteiger charge is -2.23. The molecule has 0 amide bonds. The number of carbonyl (C=O) groups is 1. The summed E-state index contributed by atoms with van der Waals surface area (Å²) in [6, 6.07) is -1.72. The molecule has 1 rings (SSSR count). The Labute approximate surface area is 131 Å². The van der Waals surface area contributed by atoms with Crippen LogP contribution in [0.25, 0.3) is 0 Å². The van der Waals surface area contributed by atoms with Crippen molar-refractivity contribution >= 4 is 34.3 Å². The summed E-state index contributed by atoms with van der Waals surface area (Å²) in [5, 5.41) is 9.35. The Balaban J connectivity index is 0.00000400. The average Bonchev–Trinajstić information content (AvgIpc) is 2.39. The predicted molar refractivity (Wildman–Crippen MR) is 71.5 cm³/mol. The number of benzene rings is 1. The van der Waals surface area contributed by atoms with E-state index in [4.69, 9.17) is 5.73 Å². The summed E-state index contributed by atoms with van der Waals surface area (Å²) in [5.74, 6) is -10.7. The van der Waals surface area contributed by atoms with Crippen molar-refractivity contribution in [1.29, 1.82) is 0 Å². The van der Waals surface area contributed by atoms with E-state index < -0.39 is 45.4 Å². The number of phenols is 1. The summed E-state index contributed by atoms with van der Waals surface area (Å²) in [5.41, 5.74) is 4.35. The minimum absolute atomic E-state index is 0. The van der Waals surface area contributed by atoms with Crippen LogP contribution in [-0.2, 0) is 9.53 Å². The Morgan fingerprint density at radius 2 is 2.00 bits per heavy atom. The molecule has 0 radical (unpaired) electrons. The Bertz CT molecular complexity index is 545. The maximum Gasteiger partial charge on any atom is 0.379 e. The van der Waals surface area contributed by atoms with Gasteiger partial charge in [-0.3, -0.25) is 0 Å². The maximum atomic E-state index is 13.7. The van der Waals surface area contributed by atoms with E-state index in [0.29, 0.717) is 6.07 Å². The summed E-state index contributed by atoms with van der Waals surface area (Å²) >= 11 is 2.59. The average molecular weight is 397 g/mol. The molecule has 0 heterocycles. The summed E-state index contributed by atoms with van der Waals surface area (Å²) in [6.07, 6.45) is 0. The molecule has 0 saturated carbocycles. The predicted octanol–water partition coefficient (Wildman–Crippen LogP) is 3.05. The zero-order chi connectivity index (χ0) is 15.7. The molecule has 1 aromatic rings. The highest BCUT2D eigenvalue weighted by molar-refractivity contribution is 9.10. The third-order valence-electron chi connectivity index (χ3n) is 2.44. The lowest BCUT2D eigenvalue weighted by atomic mass is 10.00.